The number of aldehydes is 1. The number of imide groups is 1. The van der Waals surface area contributed by atoms with Crippen LogP contribution in [0.4, 0.5) is 11.4 Å². The van der Waals surface area contributed by atoms with E-state index in [0.717, 1.165) is 22.3 Å². The molecule has 1 heterocycles. The van der Waals surface area contributed by atoms with Crippen molar-refractivity contribution in [2.45, 2.75) is 11.3 Å². The number of ether oxygens (including phenoxy) is 1. The number of hydrogen-bond acceptors (Lipinski definition) is 6. The molecule has 2 bridgehead atoms. The van der Waals surface area contributed by atoms with E-state index in [4.69, 9.17) is 4.74 Å². The third kappa shape index (κ3) is 2.24. The van der Waals surface area contributed by atoms with Crippen LogP contribution in [0.25, 0.3) is 0 Å². The van der Waals surface area contributed by atoms with Crippen molar-refractivity contribution in [2.24, 2.45) is 11.8 Å². The van der Waals surface area contributed by atoms with E-state index >= 15 is 0 Å². The normalized spacial score (nSPS) is 26.0. The minimum atomic E-state index is -1.35. The van der Waals surface area contributed by atoms with Gasteiger partial charge in [-0.25, -0.2) is 4.90 Å². The number of rotatable bonds is 4. The zero-order valence-electron chi connectivity index (χ0n) is 18.0. The summed E-state index contributed by atoms with van der Waals surface area (Å²) >= 11 is 0. The Balaban J connectivity index is 1.62. The summed E-state index contributed by atoms with van der Waals surface area (Å²) in [5, 5.41) is 11.8. The molecule has 1 aliphatic heterocycles. The molecule has 0 spiro atoms. The van der Waals surface area contributed by atoms with Crippen molar-refractivity contribution in [3.8, 4) is 5.75 Å². The van der Waals surface area contributed by atoms with Gasteiger partial charge in [-0.15, -0.1) is 0 Å². The standard InChI is InChI=1S/C26H18N2O6/c1-34-14-10-11-19(20(12-14)28(32)33)27-24(30)22-21-15-6-2-4-8-17(15)26(13-29,23(22)25(27)31)18-9-5-3-7-16(18)21/h2-13,21-23H,1H3/t21?,22-,23+,26?/m1/s1. The fourth-order valence-corrected chi connectivity index (χ4v) is 6.23. The van der Waals surface area contributed by atoms with Gasteiger partial charge >= 0.3 is 0 Å². The monoisotopic (exact) mass is 454 g/mol. The number of carbonyl (C=O) groups excluding carboxylic acids is 3. The van der Waals surface area contributed by atoms with Gasteiger partial charge in [-0.2, -0.15) is 0 Å². The van der Waals surface area contributed by atoms with Gasteiger partial charge in [0.15, 0.2) is 0 Å². The lowest BCUT2D eigenvalue weighted by Crippen LogP contribution is -2.54. The van der Waals surface area contributed by atoms with Crippen molar-refractivity contribution in [3.63, 3.8) is 0 Å². The molecule has 0 N–H and O–H groups in total. The number of carbonyl (C=O) groups is 3. The van der Waals surface area contributed by atoms with E-state index in [1.54, 1.807) is 0 Å². The van der Waals surface area contributed by atoms with Gasteiger partial charge in [0.25, 0.3) is 5.69 Å². The average molecular weight is 454 g/mol. The van der Waals surface area contributed by atoms with E-state index < -0.39 is 45.6 Å². The molecule has 168 valence electrons. The van der Waals surface area contributed by atoms with Gasteiger partial charge in [-0.3, -0.25) is 19.7 Å². The molecule has 3 aromatic rings. The van der Waals surface area contributed by atoms with Crippen LogP contribution in [0, 0.1) is 22.0 Å². The maximum Gasteiger partial charge on any atom is 0.297 e. The summed E-state index contributed by atoms with van der Waals surface area (Å²) in [4.78, 5) is 52.9. The Bertz CT molecular complexity index is 1380. The Morgan fingerprint density at radius 3 is 2.15 bits per heavy atom. The molecular formula is C26H18N2O6. The van der Waals surface area contributed by atoms with Crippen molar-refractivity contribution in [2.75, 3.05) is 12.0 Å². The molecule has 34 heavy (non-hydrogen) atoms. The van der Waals surface area contributed by atoms with E-state index in [0.29, 0.717) is 11.1 Å². The third-order valence-corrected chi connectivity index (χ3v) is 7.49. The largest absolute Gasteiger partial charge is 0.496 e. The molecule has 0 unspecified atom stereocenters. The quantitative estimate of drug-likeness (QED) is 0.259. The van der Waals surface area contributed by atoms with Crippen LogP contribution in [-0.4, -0.2) is 30.1 Å². The Labute approximate surface area is 193 Å². The van der Waals surface area contributed by atoms with Crippen LogP contribution in [0.2, 0.25) is 0 Å². The van der Waals surface area contributed by atoms with E-state index in [9.17, 15) is 24.5 Å². The Morgan fingerprint density at radius 1 is 0.971 bits per heavy atom. The van der Waals surface area contributed by atoms with Gasteiger partial charge in [0.05, 0.1) is 35.4 Å². The highest BCUT2D eigenvalue weighted by Gasteiger charge is 2.68. The van der Waals surface area contributed by atoms with E-state index in [2.05, 4.69) is 0 Å². The summed E-state index contributed by atoms with van der Waals surface area (Å²) in [7, 11) is 1.37. The molecule has 1 saturated heterocycles. The number of methoxy groups -OCH3 is 1. The molecular weight excluding hydrogens is 436 g/mol. The molecule has 7 rings (SSSR count). The third-order valence-electron chi connectivity index (χ3n) is 7.49. The first-order chi connectivity index (χ1) is 16.5. The van der Waals surface area contributed by atoms with Crippen LogP contribution in [-0.2, 0) is 19.8 Å². The van der Waals surface area contributed by atoms with Crippen LogP contribution >= 0.6 is 0 Å². The topological polar surface area (TPSA) is 107 Å². The predicted molar refractivity (Wildman–Crippen MR) is 121 cm³/mol. The Hall–Kier alpha value is -4.33. The van der Waals surface area contributed by atoms with Gasteiger partial charge in [-0.05, 0) is 34.4 Å². The molecule has 2 atom stereocenters. The Kier molecular flexibility index (Phi) is 4.08. The number of anilines is 1. The molecule has 0 aromatic heterocycles. The van der Waals surface area contributed by atoms with Crippen molar-refractivity contribution in [1.29, 1.82) is 0 Å². The lowest BCUT2D eigenvalue weighted by atomic mass is 9.48. The summed E-state index contributed by atoms with van der Waals surface area (Å²) in [5.74, 6) is -3.18. The van der Waals surface area contributed by atoms with Gasteiger partial charge < -0.3 is 9.53 Å². The van der Waals surface area contributed by atoms with Gasteiger partial charge in [0.2, 0.25) is 11.8 Å². The van der Waals surface area contributed by atoms with Gasteiger partial charge in [0.1, 0.15) is 17.7 Å². The maximum absolute atomic E-state index is 13.9. The zero-order valence-corrected chi connectivity index (χ0v) is 18.0. The SMILES string of the molecule is COc1ccc(N2C(=O)[C@@H]3C4c5ccccc5C(C=O)(c5ccccc54)[C@@H]3C2=O)c([N+](=O)[O-])c1. The lowest BCUT2D eigenvalue weighted by molar-refractivity contribution is -0.384. The summed E-state index contributed by atoms with van der Waals surface area (Å²) in [6.07, 6.45) is 0.773. The highest BCUT2D eigenvalue weighted by molar-refractivity contribution is 6.25. The van der Waals surface area contributed by atoms with Crippen LogP contribution in [0.1, 0.15) is 28.2 Å². The van der Waals surface area contributed by atoms with E-state index in [-0.39, 0.29) is 11.4 Å². The van der Waals surface area contributed by atoms with Crippen LogP contribution in [0.3, 0.4) is 0 Å². The number of amides is 2. The summed E-state index contributed by atoms with van der Waals surface area (Å²) in [5.41, 5.74) is 1.20. The second-order valence-electron chi connectivity index (χ2n) is 8.77. The highest BCUT2D eigenvalue weighted by atomic mass is 16.6. The number of hydrogen-bond donors (Lipinski definition) is 0. The number of nitro groups is 1. The van der Waals surface area contributed by atoms with Crippen molar-refractivity contribution < 1.29 is 24.0 Å². The van der Waals surface area contributed by atoms with E-state index in [1.165, 1.54) is 25.3 Å². The first kappa shape index (κ1) is 20.3. The minimum absolute atomic E-state index is 0.122. The number of benzene rings is 3. The second kappa shape index (κ2) is 6.84. The average Bonchev–Trinajstić information content (AvgIpc) is 3.14. The number of nitrogens with zero attached hydrogens (tertiary/aromatic N) is 2. The van der Waals surface area contributed by atoms with Crippen molar-refractivity contribution in [3.05, 3.63) is 99.1 Å². The molecule has 1 fully saturated rings. The molecule has 2 amide bonds. The van der Waals surface area contributed by atoms with Gasteiger partial charge in [0, 0.05) is 5.92 Å². The molecule has 3 aromatic carbocycles. The van der Waals surface area contributed by atoms with Crippen LogP contribution in [0.15, 0.2) is 66.7 Å². The van der Waals surface area contributed by atoms with Crippen LogP contribution in [0.5, 0.6) is 5.75 Å². The van der Waals surface area contributed by atoms with E-state index in [1.807, 2.05) is 48.5 Å². The van der Waals surface area contributed by atoms with Crippen molar-refractivity contribution in [1.82, 2.24) is 0 Å². The number of nitro benzene ring substituents is 1. The molecule has 0 saturated carbocycles. The fourth-order valence-electron chi connectivity index (χ4n) is 6.23. The highest BCUT2D eigenvalue weighted by Crippen LogP contribution is 2.63. The molecule has 0 radical (unpaired) electrons. The predicted octanol–water partition coefficient (Wildman–Crippen LogP) is 3.35. The minimum Gasteiger partial charge on any atom is -0.496 e. The molecule has 8 nitrogen and oxygen atoms in total. The molecule has 3 aliphatic carbocycles. The molecule has 8 heteroatoms. The van der Waals surface area contributed by atoms with Crippen LogP contribution < -0.4 is 9.64 Å². The van der Waals surface area contributed by atoms with Gasteiger partial charge in [-0.1, -0.05) is 48.5 Å². The molecule has 4 aliphatic rings. The first-order valence-corrected chi connectivity index (χ1v) is 10.8. The summed E-state index contributed by atoms with van der Waals surface area (Å²) < 4.78 is 5.09. The maximum atomic E-state index is 13.9. The summed E-state index contributed by atoms with van der Waals surface area (Å²) in [6, 6.07) is 18.8. The van der Waals surface area contributed by atoms with Crippen molar-refractivity contribution >= 4 is 29.5 Å². The second-order valence-corrected chi connectivity index (χ2v) is 8.77. The zero-order chi connectivity index (χ0) is 23.8. The first-order valence-electron chi connectivity index (χ1n) is 10.8. The summed E-state index contributed by atoms with van der Waals surface area (Å²) in [6.45, 7) is 0. The smallest absolute Gasteiger partial charge is 0.297 e. The lowest BCUT2D eigenvalue weighted by Gasteiger charge is -2.51. The Morgan fingerprint density at radius 2 is 1.59 bits per heavy atom. The fraction of sp³-hybridized carbons (Fsp3) is 0.192.